The van der Waals surface area contributed by atoms with Crippen molar-refractivity contribution in [3.8, 4) is 0 Å². The van der Waals surface area contributed by atoms with E-state index in [-0.39, 0.29) is 29.7 Å². The van der Waals surface area contributed by atoms with E-state index in [9.17, 15) is 9.59 Å². The molecular weight excluding hydrogens is 507 g/mol. The van der Waals surface area contributed by atoms with Gasteiger partial charge in [-0.05, 0) is 68.5 Å². The zero-order valence-corrected chi connectivity index (χ0v) is 22.0. The predicted molar refractivity (Wildman–Crippen MR) is 143 cm³/mol. The van der Waals surface area contributed by atoms with E-state index in [1.54, 1.807) is 6.07 Å². The summed E-state index contributed by atoms with van der Waals surface area (Å²) in [6, 6.07) is 11.4. The molecule has 1 atom stereocenters. The van der Waals surface area contributed by atoms with Crippen molar-refractivity contribution in [2.45, 2.75) is 38.6 Å². The lowest BCUT2D eigenvalue weighted by Gasteiger charge is -2.37. The Morgan fingerprint density at radius 2 is 1.57 bits per heavy atom. The number of amides is 2. The first-order valence-electron chi connectivity index (χ1n) is 12.1. The number of piperidine rings is 2. The standard InChI is InChI=1S/C26H31Cl3N4O2/c1-16(21-4-2-19(27)14-23(21)29)31-24-15-20(3-5-22(24)28)32-10-8-18(9-11-32)26(35)33-12-6-17(7-13-33)25(30)34/h2-5,14-18,31H,6-13H2,1H3,(H2,30,34). The molecule has 6 nitrogen and oxygen atoms in total. The van der Waals surface area contributed by atoms with Gasteiger partial charge in [-0.3, -0.25) is 9.59 Å². The maximum atomic E-state index is 13.0. The van der Waals surface area contributed by atoms with Crippen molar-refractivity contribution in [1.82, 2.24) is 4.90 Å². The maximum absolute atomic E-state index is 13.0. The number of primary amides is 1. The molecule has 0 bridgehead atoms. The Morgan fingerprint density at radius 3 is 2.20 bits per heavy atom. The summed E-state index contributed by atoms with van der Waals surface area (Å²) in [5.41, 5.74) is 8.26. The molecule has 2 aliphatic heterocycles. The van der Waals surface area contributed by atoms with Crippen molar-refractivity contribution in [3.05, 3.63) is 57.0 Å². The lowest BCUT2D eigenvalue weighted by atomic mass is 9.91. The zero-order chi connectivity index (χ0) is 25.1. The summed E-state index contributed by atoms with van der Waals surface area (Å²) >= 11 is 18.9. The molecule has 0 aromatic heterocycles. The molecule has 188 valence electrons. The van der Waals surface area contributed by atoms with Gasteiger partial charge in [0.05, 0.1) is 16.8 Å². The summed E-state index contributed by atoms with van der Waals surface area (Å²) < 4.78 is 0. The predicted octanol–water partition coefficient (Wildman–Crippen LogP) is 5.76. The molecule has 2 aromatic rings. The molecule has 2 amide bonds. The number of hydrogen-bond donors (Lipinski definition) is 2. The zero-order valence-electron chi connectivity index (χ0n) is 19.8. The quantitative estimate of drug-likeness (QED) is 0.491. The lowest BCUT2D eigenvalue weighted by Crippen LogP contribution is -2.46. The van der Waals surface area contributed by atoms with E-state index in [0.29, 0.717) is 41.0 Å². The molecule has 0 radical (unpaired) electrons. The minimum absolute atomic E-state index is 0.0216. The van der Waals surface area contributed by atoms with E-state index in [1.165, 1.54) is 0 Å². The molecule has 2 aliphatic rings. The summed E-state index contributed by atoms with van der Waals surface area (Å²) in [4.78, 5) is 28.6. The fraction of sp³-hybridized carbons (Fsp3) is 0.462. The van der Waals surface area contributed by atoms with Gasteiger partial charge in [0.2, 0.25) is 11.8 Å². The van der Waals surface area contributed by atoms with Crippen LogP contribution in [0.2, 0.25) is 15.1 Å². The van der Waals surface area contributed by atoms with Crippen LogP contribution in [0.5, 0.6) is 0 Å². The molecule has 2 fully saturated rings. The van der Waals surface area contributed by atoms with Crippen LogP contribution in [-0.4, -0.2) is 42.9 Å². The number of carbonyl (C=O) groups excluding carboxylic acids is 2. The first-order chi connectivity index (χ1) is 16.7. The summed E-state index contributed by atoms with van der Waals surface area (Å²) in [6.07, 6.45) is 2.94. The van der Waals surface area contributed by atoms with E-state index in [0.717, 1.165) is 42.9 Å². The van der Waals surface area contributed by atoms with E-state index < -0.39 is 0 Å². The van der Waals surface area contributed by atoms with Crippen molar-refractivity contribution in [1.29, 1.82) is 0 Å². The molecule has 2 aromatic carbocycles. The smallest absolute Gasteiger partial charge is 0.225 e. The molecular formula is C26H31Cl3N4O2. The number of benzene rings is 2. The first-order valence-corrected chi connectivity index (χ1v) is 13.2. The van der Waals surface area contributed by atoms with Gasteiger partial charge >= 0.3 is 0 Å². The van der Waals surface area contributed by atoms with Crippen LogP contribution in [0.15, 0.2) is 36.4 Å². The third-order valence-corrected chi connectivity index (χ3v) is 8.06. The van der Waals surface area contributed by atoms with Crippen molar-refractivity contribution in [3.63, 3.8) is 0 Å². The number of hydrogen-bond acceptors (Lipinski definition) is 4. The fourth-order valence-corrected chi connectivity index (χ4v) is 5.76. The molecule has 4 rings (SSSR count). The highest BCUT2D eigenvalue weighted by Gasteiger charge is 2.32. The van der Waals surface area contributed by atoms with Crippen LogP contribution in [-0.2, 0) is 9.59 Å². The van der Waals surface area contributed by atoms with Crippen LogP contribution in [0.1, 0.15) is 44.2 Å². The number of nitrogens with zero attached hydrogens (tertiary/aromatic N) is 2. The van der Waals surface area contributed by atoms with Gasteiger partial charge in [0.25, 0.3) is 0 Å². The van der Waals surface area contributed by atoms with Crippen LogP contribution in [0.3, 0.4) is 0 Å². The van der Waals surface area contributed by atoms with Crippen molar-refractivity contribution in [2.24, 2.45) is 17.6 Å². The van der Waals surface area contributed by atoms with Gasteiger partial charge < -0.3 is 20.9 Å². The van der Waals surface area contributed by atoms with Gasteiger partial charge in [-0.25, -0.2) is 0 Å². The van der Waals surface area contributed by atoms with E-state index in [4.69, 9.17) is 40.5 Å². The lowest BCUT2D eigenvalue weighted by molar-refractivity contribution is -0.139. The number of nitrogens with one attached hydrogen (secondary N) is 1. The van der Waals surface area contributed by atoms with Crippen molar-refractivity contribution >= 4 is 58.0 Å². The summed E-state index contributed by atoms with van der Waals surface area (Å²) in [7, 11) is 0. The van der Waals surface area contributed by atoms with Gasteiger partial charge in [0.15, 0.2) is 0 Å². The number of carbonyl (C=O) groups is 2. The Balaban J connectivity index is 1.35. The van der Waals surface area contributed by atoms with Crippen LogP contribution in [0.25, 0.3) is 0 Å². The Morgan fingerprint density at radius 1 is 0.914 bits per heavy atom. The highest BCUT2D eigenvalue weighted by molar-refractivity contribution is 6.35. The number of nitrogens with two attached hydrogens (primary N) is 1. The minimum atomic E-state index is -0.257. The van der Waals surface area contributed by atoms with Gasteiger partial charge in [-0.2, -0.15) is 0 Å². The molecule has 0 spiro atoms. The number of halogens is 3. The summed E-state index contributed by atoms with van der Waals surface area (Å²) in [6.45, 7) is 4.87. The minimum Gasteiger partial charge on any atom is -0.377 e. The molecule has 2 saturated heterocycles. The van der Waals surface area contributed by atoms with Crippen LogP contribution in [0, 0.1) is 11.8 Å². The summed E-state index contributed by atoms with van der Waals surface area (Å²) in [5, 5.41) is 5.31. The number of likely N-dealkylation sites (tertiary alicyclic amines) is 1. The molecule has 1 unspecified atom stereocenters. The maximum Gasteiger partial charge on any atom is 0.225 e. The Kier molecular flexibility index (Phi) is 8.35. The summed E-state index contributed by atoms with van der Waals surface area (Å²) in [5.74, 6) is -0.132. The van der Waals surface area contributed by atoms with Crippen LogP contribution >= 0.6 is 34.8 Å². The van der Waals surface area contributed by atoms with Crippen LogP contribution < -0.4 is 16.0 Å². The fourth-order valence-electron chi connectivity index (χ4n) is 5.01. The number of anilines is 2. The van der Waals surface area contributed by atoms with Gasteiger partial charge in [-0.1, -0.05) is 40.9 Å². The third-order valence-electron chi connectivity index (χ3n) is 7.17. The SMILES string of the molecule is CC(Nc1cc(N2CCC(C(=O)N3CCC(C(N)=O)CC3)CC2)ccc1Cl)c1ccc(Cl)cc1Cl. The third kappa shape index (κ3) is 6.16. The van der Waals surface area contributed by atoms with Crippen LogP contribution in [0.4, 0.5) is 11.4 Å². The van der Waals surface area contributed by atoms with Crippen molar-refractivity contribution in [2.75, 3.05) is 36.4 Å². The topological polar surface area (TPSA) is 78.7 Å². The average Bonchev–Trinajstić information content (AvgIpc) is 2.85. The molecule has 2 heterocycles. The molecule has 9 heteroatoms. The Bertz CT molecular complexity index is 1080. The first kappa shape index (κ1) is 25.9. The average molecular weight is 538 g/mol. The Labute approximate surface area is 221 Å². The number of rotatable bonds is 6. The highest BCUT2D eigenvalue weighted by atomic mass is 35.5. The van der Waals surface area contributed by atoms with Gasteiger partial charge in [0, 0.05) is 53.7 Å². The monoisotopic (exact) mass is 536 g/mol. The van der Waals surface area contributed by atoms with E-state index >= 15 is 0 Å². The Hall–Kier alpha value is -2.15. The largest absolute Gasteiger partial charge is 0.377 e. The second-order valence-electron chi connectivity index (χ2n) is 9.46. The van der Waals surface area contributed by atoms with E-state index in [1.807, 2.05) is 36.1 Å². The van der Waals surface area contributed by atoms with E-state index in [2.05, 4.69) is 16.3 Å². The molecule has 35 heavy (non-hydrogen) atoms. The second-order valence-corrected chi connectivity index (χ2v) is 10.7. The van der Waals surface area contributed by atoms with Crippen molar-refractivity contribution < 1.29 is 9.59 Å². The van der Waals surface area contributed by atoms with Gasteiger partial charge in [0.1, 0.15) is 0 Å². The second kappa shape index (κ2) is 11.3. The molecule has 0 saturated carbocycles. The molecule has 0 aliphatic carbocycles. The normalized spacial score (nSPS) is 18.4. The van der Waals surface area contributed by atoms with Gasteiger partial charge in [-0.15, -0.1) is 0 Å². The highest BCUT2D eigenvalue weighted by Crippen LogP contribution is 2.34. The molecule has 3 N–H and O–H groups in total.